The first kappa shape index (κ1) is 22.4. The molecule has 1 aromatic heterocycles. The van der Waals surface area contributed by atoms with E-state index in [1.54, 1.807) is 7.11 Å². The number of benzene rings is 3. The summed E-state index contributed by atoms with van der Waals surface area (Å²) < 4.78 is 7.20. The van der Waals surface area contributed by atoms with Crippen LogP contribution in [0.15, 0.2) is 84.0 Å². The van der Waals surface area contributed by atoms with Crippen LogP contribution in [0.2, 0.25) is 0 Å². The maximum atomic E-state index is 12.4. The van der Waals surface area contributed by atoms with Crippen LogP contribution in [-0.4, -0.2) is 33.5 Å². The van der Waals surface area contributed by atoms with Crippen LogP contribution in [0.5, 0.6) is 5.75 Å². The Balaban J connectivity index is 1.50. The summed E-state index contributed by atoms with van der Waals surface area (Å²) in [5.74, 6) is 1.68. The van der Waals surface area contributed by atoms with Crippen molar-refractivity contribution in [1.82, 2.24) is 14.8 Å². The number of anilines is 2. The Morgan fingerprint density at radius 1 is 0.939 bits per heavy atom. The molecule has 0 spiro atoms. The zero-order valence-corrected chi connectivity index (χ0v) is 19.3. The third-order valence-corrected chi connectivity index (χ3v) is 5.85. The molecule has 168 valence electrons. The van der Waals surface area contributed by atoms with Crippen molar-refractivity contribution in [3.8, 4) is 11.4 Å². The molecule has 0 aliphatic heterocycles. The summed E-state index contributed by atoms with van der Waals surface area (Å²) in [7, 11) is 1.64. The lowest BCUT2D eigenvalue weighted by molar-refractivity contribution is -0.113. The predicted octanol–water partition coefficient (Wildman–Crippen LogP) is 4.93. The average molecular weight is 460 g/mol. The summed E-state index contributed by atoms with van der Waals surface area (Å²) in [6.45, 7) is 2.52. The van der Waals surface area contributed by atoms with Gasteiger partial charge >= 0.3 is 0 Å². The standard InChI is InChI=1S/C25H25N5O2S/c1-18-8-12-21(13-9-18)30-23(16-26-19-10-14-22(32-2)15-11-19)28-29-25(30)33-17-24(31)27-20-6-4-3-5-7-20/h3-15,26H,16-17H2,1-2H3,(H,27,31). The minimum atomic E-state index is -0.0948. The Morgan fingerprint density at radius 2 is 1.67 bits per heavy atom. The normalized spacial score (nSPS) is 10.6. The molecule has 3 aromatic carbocycles. The summed E-state index contributed by atoms with van der Waals surface area (Å²) >= 11 is 1.35. The third-order valence-electron chi connectivity index (χ3n) is 4.92. The molecule has 0 bridgehead atoms. The Bertz CT molecular complexity index is 1190. The number of aromatic nitrogens is 3. The van der Waals surface area contributed by atoms with Crippen LogP contribution in [0.3, 0.4) is 0 Å². The number of rotatable bonds is 9. The van der Waals surface area contributed by atoms with Crippen molar-refractivity contribution >= 4 is 29.0 Å². The van der Waals surface area contributed by atoms with E-state index in [0.29, 0.717) is 11.7 Å². The molecule has 0 saturated heterocycles. The van der Waals surface area contributed by atoms with E-state index in [0.717, 1.165) is 28.6 Å². The monoisotopic (exact) mass is 459 g/mol. The molecule has 0 radical (unpaired) electrons. The van der Waals surface area contributed by atoms with E-state index >= 15 is 0 Å². The summed E-state index contributed by atoms with van der Waals surface area (Å²) in [4.78, 5) is 12.4. The molecule has 0 atom stereocenters. The number of nitrogens with zero attached hydrogens (tertiary/aromatic N) is 3. The van der Waals surface area contributed by atoms with Gasteiger partial charge in [-0.25, -0.2) is 0 Å². The van der Waals surface area contributed by atoms with Gasteiger partial charge in [0.05, 0.1) is 19.4 Å². The smallest absolute Gasteiger partial charge is 0.234 e. The number of methoxy groups -OCH3 is 1. The lowest BCUT2D eigenvalue weighted by Gasteiger charge is -2.12. The predicted molar refractivity (Wildman–Crippen MR) is 132 cm³/mol. The maximum absolute atomic E-state index is 12.4. The number of ether oxygens (including phenoxy) is 1. The van der Waals surface area contributed by atoms with Crippen molar-refractivity contribution in [1.29, 1.82) is 0 Å². The molecule has 4 rings (SSSR count). The molecule has 8 heteroatoms. The van der Waals surface area contributed by atoms with Crippen molar-refractivity contribution in [2.24, 2.45) is 0 Å². The highest BCUT2D eigenvalue weighted by atomic mass is 32.2. The van der Waals surface area contributed by atoms with E-state index in [-0.39, 0.29) is 11.7 Å². The number of carbonyl (C=O) groups excluding carboxylic acids is 1. The van der Waals surface area contributed by atoms with Gasteiger partial charge in [0.1, 0.15) is 5.75 Å². The molecule has 1 heterocycles. The van der Waals surface area contributed by atoms with Crippen LogP contribution in [0.4, 0.5) is 11.4 Å². The first-order valence-corrected chi connectivity index (χ1v) is 11.5. The molecule has 0 aliphatic carbocycles. The number of aryl methyl sites for hydroxylation is 1. The van der Waals surface area contributed by atoms with E-state index in [1.807, 2.05) is 90.4 Å². The molecule has 0 fully saturated rings. The molecular formula is C25H25N5O2S. The summed E-state index contributed by atoms with van der Waals surface area (Å²) in [5.41, 5.74) is 3.84. The van der Waals surface area contributed by atoms with E-state index in [9.17, 15) is 4.79 Å². The SMILES string of the molecule is COc1ccc(NCc2nnc(SCC(=O)Nc3ccccc3)n2-c2ccc(C)cc2)cc1. The fraction of sp³-hybridized carbons (Fsp3) is 0.160. The van der Waals surface area contributed by atoms with Gasteiger partial charge in [-0.15, -0.1) is 10.2 Å². The lowest BCUT2D eigenvalue weighted by Crippen LogP contribution is -2.14. The number of carbonyl (C=O) groups is 1. The highest BCUT2D eigenvalue weighted by Gasteiger charge is 2.16. The van der Waals surface area contributed by atoms with Crippen molar-refractivity contribution in [3.05, 3.63) is 90.3 Å². The maximum Gasteiger partial charge on any atom is 0.234 e. The third kappa shape index (κ3) is 5.93. The summed E-state index contributed by atoms with van der Waals surface area (Å²) in [6, 6.07) is 25.3. The van der Waals surface area contributed by atoms with E-state index in [2.05, 4.69) is 20.8 Å². The highest BCUT2D eigenvalue weighted by Crippen LogP contribution is 2.24. The second-order valence-corrected chi connectivity index (χ2v) is 8.30. The Labute approximate surface area is 197 Å². The quantitative estimate of drug-likeness (QED) is 0.346. The Morgan fingerprint density at radius 3 is 2.36 bits per heavy atom. The van der Waals surface area contributed by atoms with Gasteiger partial charge < -0.3 is 15.4 Å². The molecule has 2 N–H and O–H groups in total. The Kier molecular flexibility index (Phi) is 7.26. The van der Waals surface area contributed by atoms with Gasteiger partial charge in [-0.05, 0) is 55.5 Å². The number of hydrogen-bond acceptors (Lipinski definition) is 6. The Hall–Kier alpha value is -3.78. The van der Waals surface area contributed by atoms with Crippen molar-refractivity contribution in [3.63, 3.8) is 0 Å². The van der Waals surface area contributed by atoms with Gasteiger partial charge in [0.2, 0.25) is 5.91 Å². The van der Waals surface area contributed by atoms with Crippen LogP contribution in [0.1, 0.15) is 11.4 Å². The molecule has 1 amide bonds. The molecule has 0 aliphatic rings. The van der Waals surface area contributed by atoms with Crippen LogP contribution in [0.25, 0.3) is 5.69 Å². The van der Waals surface area contributed by atoms with Gasteiger partial charge in [0.15, 0.2) is 11.0 Å². The number of thioether (sulfide) groups is 1. The van der Waals surface area contributed by atoms with Gasteiger partial charge in [0.25, 0.3) is 0 Å². The summed E-state index contributed by atoms with van der Waals surface area (Å²) in [6.07, 6.45) is 0. The minimum Gasteiger partial charge on any atom is -0.497 e. The zero-order valence-electron chi connectivity index (χ0n) is 18.5. The molecule has 4 aromatic rings. The van der Waals surface area contributed by atoms with Gasteiger partial charge in [-0.2, -0.15) is 0 Å². The lowest BCUT2D eigenvalue weighted by atomic mass is 10.2. The van der Waals surface area contributed by atoms with Gasteiger partial charge in [-0.1, -0.05) is 47.7 Å². The van der Waals surface area contributed by atoms with Crippen LogP contribution >= 0.6 is 11.8 Å². The van der Waals surface area contributed by atoms with Crippen molar-refractivity contribution in [2.45, 2.75) is 18.6 Å². The van der Waals surface area contributed by atoms with Crippen molar-refractivity contribution in [2.75, 3.05) is 23.5 Å². The van der Waals surface area contributed by atoms with Crippen molar-refractivity contribution < 1.29 is 9.53 Å². The highest BCUT2D eigenvalue weighted by molar-refractivity contribution is 7.99. The van der Waals surface area contributed by atoms with E-state index < -0.39 is 0 Å². The van der Waals surface area contributed by atoms with E-state index in [4.69, 9.17) is 4.74 Å². The second kappa shape index (κ2) is 10.7. The number of para-hydroxylation sites is 1. The molecule has 0 saturated carbocycles. The van der Waals surface area contributed by atoms with Gasteiger partial charge in [-0.3, -0.25) is 9.36 Å². The van der Waals surface area contributed by atoms with Gasteiger partial charge in [0, 0.05) is 17.1 Å². The first-order chi connectivity index (χ1) is 16.1. The molecule has 33 heavy (non-hydrogen) atoms. The minimum absolute atomic E-state index is 0.0948. The van der Waals surface area contributed by atoms with Crippen LogP contribution in [-0.2, 0) is 11.3 Å². The molecular weight excluding hydrogens is 434 g/mol. The van der Waals surface area contributed by atoms with Crippen LogP contribution < -0.4 is 15.4 Å². The van der Waals surface area contributed by atoms with E-state index in [1.165, 1.54) is 17.3 Å². The fourth-order valence-corrected chi connectivity index (χ4v) is 3.97. The second-order valence-electron chi connectivity index (χ2n) is 7.35. The molecule has 0 unspecified atom stereocenters. The van der Waals surface area contributed by atoms with Crippen LogP contribution in [0, 0.1) is 6.92 Å². The number of nitrogens with one attached hydrogen (secondary N) is 2. The first-order valence-electron chi connectivity index (χ1n) is 10.5. The number of amides is 1. The molecule has 7 nitrogen and oxygen atoms in total. The topological polar surface area (TPSA) is 81.1 Å². The zero-order chi connectivity index (χ0) is 23.0. The fourth-order valence-electron chi connectivity index (χ4n) is 3.20. The largest absolute Gasteiger partial charge is 0.497 e. The number of hydrogen-bond donors (Lipinski definition) is 2. The summed E-state index contributed by atoms with van der Waals surface area (Å²) in [5, 5.41) is 15.7. The average Bonchev–Trinajstić information content (AvgIpc) is 3.25.